The molecule has 3 heteroatoms. The molecule has 2 heterocycles. The van der Waals surface area contributed by atoms with Crippen LogP contribution in [0.1, 0.15) is 24.0 Å². The molecule has 5 rings (SSSR count). The standard InChI is InChI=1S/C21H19S2Si/c1-12-10-13-6-4-5-7-14(13)17(12)16-11-23-20-18(16)15-8-9-22-19(15)21(20)24(2)3/h4-11,17,20H,1-3H3. The Bertz CT molecular complexity index is 1040. The molecule has 119 valence electrons. The number of allylic oxidation sites excluding steroid dienone is 2. The lowest BCUT2D eigenvalue weighted by Crippen LogP contribution is -2.22. The minimum absolute atomic E-state index is 0.429. The monoisotopic (exact) mass is 363 g/mol. The first kappa shape index (κ1) is 15.0. The summed E-state index contributed by atoms with van der Waals surface area (Å²) in [5.74, 6) is 0.449. The van der Waals surface area contributed by atoms with Crippen molar-refractivity contribution in [2.45, 2.75) is 31.2 Å². The van der Waals surface area contributed by atoms with Gasteiger partial charge in [-0.15, -0.1) is 23.1 Å². The van der Waals surface area contributed by atoms with Crippen molar-refractivity contribution in [1.82, 2.24) is 0 Å². The van der Waals surface area contributed by atoms with Crippen molar-refractivity contribution >= 4 is 48.7 Å². The number of benzene rings is 1. The zero-order valence-electron chi connectivity index (χ0n) is 14.1. The first-order valence-electron chi connectivity index (χ1n) is 8.42. The van der Waals surface area contributed by atoms with E-state index in [4.69, 9.17) is 0 Å². The van der Waals surface area contributed by atoms with Crippen molar-refractivity contribution in [3.05, 3.63) is 73.1 Å². The highest BCUT2D eigenvalue weighted by Gasteiger charge is 2.39. The first-order valence-corrected chi connectivity index (χ1v) is 12.7. The quantitative estimate of drug-likeness (QED) is 0.705. The van der Waals surface area contributed by atoms with Crippen LogP contribution in [0.15, 0.2) is 52.3 Å². The highest BCUT2D eigenvalue weighted by Crippen LogP contribution is 2.52. The van der Waals surface area contributed by atoms with E-state index in [2.05, 4.69) is 79.0 Å². The lowest BCUT2D eigenvalue weighted by molar-refractivity contribution is 0.982. The first-order chi connectivity index (χ1) is 11.7. The number of hydrogen-bond donors (Lipinski definition) is 0. The second-order valence-corrected chi connectivity index (χ2v) is 11.5. The average molecular weight is 364 g/mol. The molecule has 0 nitrogen and oxygen atoms in total. The van der Waals surface area contributed by atoms with Crippen LogP contribution >= 0.6 is 23.1 Å². The number of thioether (sulfide) groups is 1. The molecule has 1 aliphatic heterocycles. The van der Waals surface area contributed by atoms with Crippen LogP contribution in [0.2, 0.25) is 13.1 Å². The fourth-order valence-corrected chi connectivity index (χ4v) is 9.51. The van der Waals surface area contributed by atoms with E-state index in [0.29, 0.717) is 11.2 Å². The van der Waals surface area contributed by atoms with Gasteiger partial charge in [-0.2, -0.15) is 0 Å². The molecule has 0 amide bonds. The molecular formula is C21H19S2Si. The summed E-state index contributed by atoms with van der Waals surface area (Å²) in [4.78, 5) is 0. The number of rotatable bonds is 2. The summed E-state index contributed by atoms with van der Waals surface area (Å²) in [6.45, 7) is 7.19. The molecule has 1 radical (unpaired) electrons. The summed E-state index contributed by atoms with van der Waals surface area (Å²) in [7, 11) is -0.429. The average Bonchev–Trinajstić information content (AvgIpc) is 3.25. The maximum atomic E-state index is 2.47. The second kappa shape index (κ2) is 5.35. The van der Waals surface area contributed by atoms with E-state index in [9.17, 15) is 0 Å². The van der Waals surface area contributed by atoms with Gasteiger partial charge in [-0.25, -0.2) is 0 Å². The zero-order chi connectivity index (χ0) is 16.4. The topological polar surface area (TPSA) is 0 Å². The number of fused-ring (bicyclic) bond motifs is 3. The highest BCUT2D eigenvalue weighted by atomic mass is 32.2. The Balaban J connectivity index is 1.71. The molecule has 2 aliphatic carbocycles. The molecule has 0 spiro atoms. The molecule has 0 saturated carbocycles. The molecule has 0 N–H and O–H groups in total. The fraction of sp³-hybridized carbons (Fsp3) is 0.238. The van der Waals surface area contributed by atoms with Gasteiger partial charge in [-0.3, -0.25) is 0 Å². The molecule has 1 aromatic carbocycles. The highest BCUT2D eigenvalue weighted by molar-refractivity contribution is 8.04. The van der Waals surface area contributed by atoms with Crippen molar-refractivity contribution in [1.29, 1.82) is 0 Å². The van der Waals surface area contributed by atoms with Gasteiger partial charge in [0.15, 0.2) is 0 Å². The van der Waals surface area contributed by atoms with Crippen LogP contribution in [0.3, 0.4) is 0 Å². The van der Waals surface area contributed by atoms with Gasteiger partial charge < -0.3 is 0 Å². The van der Waals surface area contributed by atoms with Gasteiger partial charge in [0.25, 0.3) is 0 Å². The van der Waals surface area contributed by atoms with Gasteiger partial charge in [-0.1, -0.05) is 49.0 Å². The minimum atomic E-state index is -0.429. The van der Waals surface area contributed by atoms with Gasteiger partial charge in [0, 0.05) is 10.5 Å². The van der Waals surface area contributed by atoms with Crippen molar-refractivity contribution in [2.24, 2.45) is 0 Å². The van der Waals surface area contributed by atoms with Gasteiger partial charge in [0.1, 0.15) is 0 Å². The summed E-state index contributed by atoms with van der Waals surface area (Å²) in [5.41, 5.74) is 7.55. The predicted molar refractivity (Wildman–Crippen MR) is 110 cm³/mol. The van der Waals surface area contributed by atoms with E-state index >= 15 is 0 Å². The number of hydrogen-bond acceptors (Lipinski definition) is 2. The van der Waals surface area contributed by atoms with E-state index < -0.39 is 8.80 Å². The summed E-state index contributed by atoms with van der Waals surface area (Å²) in [6.07, 6.45) is 2.38. The van der Waals surface area contributed by atoms with E-state index in [1.807, 2.05) is 11.3 Å². The van der Waals surface area contributed by atoms with Crippen LogP contribution in [-0.4, -0.2) is 14.0 Å². The van der Waals surface area contributed by atoms with E-state index in [0.717, 1.165) is 0 Å². The Morgan fingerprint density at radius 3 is 2.75 bits per heavy atom. The van der Waals surface area contributed by atoms with Crippen molar-refractivity contribution < 1.29 is 0 Å². The summed E-state index contributed by atoms with van der Waals surface area (Å²) in [5, 5.41) is 8.61. The van der Waals surface area contributed by atoms with Crippen LogP contribution in [-0.2, 0) is 0 Å². The number of thiophene rings is 1. The Hall–Kier alpha value is -1.29. The van der Waals surface area contributed by atoms with Gasteiger partial charge in [0.2, 0.25) is 0 Å². The van der Waals surface area contributed by atoms with Gasteiger partial charge in [-0.05, 0) is 56.5 Å². The Kier molecular flexibility index (Phi) is 3.34. The van der Waals surface area contributed by atoms with Crippen LogP contribution in [0.4, 0.5) is 0 Å². The molecule has 0 fully saturated rings. The Morgan fingerprint density at radius 2 is 1.92 bits per heavy atom. The third-order valence-electron chi connectivity index (χ3n) is 5.36. The van der Waals surface area contributed by atoms with Crippen LogP contribution in [0, 0.1) is 0 Å². The second-order valence-electron chi connectivity index (χ2n) is 7.03. The third kappa shape index (κ3) is 1.92. The normalized spacial score (nSPS) is 24.2. The fourth-order valence-electron chi connectivity index (χ4n) is 4.39. The molecular weight excluding hydrogens is 344 g/mol. The zero-order valence-corrected chi connectivity index (χ0v) is 16.7. The van der Waals surface area contributed by atoms with Gasteiger partial charge >= 0.3 is 0 Å². The molecule has 1 aromatic heterocycles. The molecule has 2 unspecified atom stereocenters. The van der Waals surface area contributed by atoms with Crippen molar-refractivity contribution in [3.63, 3.8) is 0 Å². The molecule has 2 atom stereocenters. The third-order valence-corrected chi connectivity index (χ3v) is 9.45. The molecule has 0 bridgehead atoms. The maximum absolute atomic E-state index is 2.47. The minimum Gasteiger partial charge on any atom is -0.144 e. The predicted octanol–water partition coefficient (Wildman–Crippen LogP) is 4.56. The van der Waals surface area contributed by atoms with E-state index in [1.54, 1.807) is 20.9 Å². The largest absolute Gasteiger partial charge is 0.144 e. The summed E-state index contributed by atoms with van der Waals surface area (Å²) >= 11 is 4.00. The Labute approximate surface area is 152 Å². The van der Waals surface area contributed by atoms with Crippen molar-refractivity contribution in [3.8, 4) is 0 Å². The van der Waals surface area contributed by atoms with Crippen LogP contribution < -0.4 is 9.75 Å². The van der Waals surface area contributed by atoms with Crippen LogP contribution in [0.25, 0.3) is 16.8 Å². The smallest absolute Gasteiger partial charge is 0.0775 e. The summed E-state index contributed by atoms with van der Waals surface area (Å²) in [6, 6.07) is 11.3. The maximum Gasteiger partial charge on any atom is 0.0775 e. The van der Waals surface area contributed by atoms with Gasteiger partial charge in [0.05, 0.1) is 14.0 Å². The SMILES string of the molecule is CC1=Cc2ccccc2C1C1=CSC2C1=c1ccsc1=C2[Si](C)C. The Morgan fingerprint density at radius 1 is 1.08 bits per heavy atom. The molecule has 3 aliphatic rings. The summed E-state index contributed by atoms with van der Waals surface area (Å²) < 4.78 is 1.58. The molecule has 0 saturated heterocycles. The van der Waals surface area contributed by atoms with Crippen molar-refractivity contribution in [2.75, 3.05) is 0 Å². The molecule has 24 heavy (non-hydrogen) atoms. The lowest BCUT2D eigenvalue weighted by Gasteiger charge is -2.20. The molecule has 2 aromatic rings. The van der Waals surface area contributed by atoms with Crippen LogP contribution in [0.5, 0.6) is 0 Å². The lowest BCUT2D eigenvalue weighted by atomic mass is 9.85. The van der Waals surface area contributed by atoms with E-state index in [1.165, 1.54) is 21.9 Å². The van der Waals surface area contributed by atoms with E-state index in [-0.39, 0.29) is 0 Å².